The summed E-state index contributed by atoms with van der Waals surface area (Å²) in [6.45, 7) is 3.76. The third-order valence-electron chi connectivity index (χ3n) is 1.88. The molecule has 0 spiro atoms. The number of nitro groups is 1. The van der Waals surface area contributed by atoms with E-state index in [1.807, 2.05) is 12.1 Å². The number of nitrogens with one attached hydrogen (secondary N) is 1. The van der Waals surface area contributed by atoms with E-state index in [2.05, 4.69) is 11.9 Å². The minimum atomic E-state index is -0.540. The Balaban J connectivity index is 2.35. The van der Waals surface area contributed by atoms with Crippen molar-refractivity contribution < 1.29 is 4.92 Å². The molecule has 0 radical (unpaired) electrons. The van der Waals surface area contributed by atoms with Crippen molar-refractivity contribution in [3.05, 3.63) is 57.4 Å². The van der Waals surface area contributed by atoms with Crippen molar-refractivity contribution in [3.63, 3.8) is 0 Å². The van der Waals surface area contributed by atoms with Gasteiger partial charge in [0, 0.05) is 11.4 Å². The van der Waals surface area contributed by atoms with Crippen molar-refractivity contribution in [2.24, 2.45) is 0 Å². The molecule has 0 fully saturated rings. The Hall–Kier alpha value is -1.55. The van der Waals surface area contributed by atoms with Crippen molar-refractivity contribution in [1.82, 2.24) is 5.32 Å². The van der Waals surface area contributed by atoms with Gasteiger partial charge in [0.1, 0.15) is 0 Å². The lowest BCUT2D eigenvalue weighted by atomic mass is 10.1. The van der Waals surface area contributed by atoms with E-state index in [4.69, 9.17) is 11.6 Å². The van der Waals surface area contributed by atoms with Gasteiger partial charge in [-0.1, -0.05) is 23.7 Å². The molecule has 4 nitrogen and oxygen atoms in total. The molecule has 0 amide bonds. The molecule has 5 heteroatoms. The number of nitrogens with zero attached hydrogens (tertiary/aromatic N) is 1. The van der Waals surface area contributed by atoms with E-state index in [0.717, 1.165) is 5.56 Å². The van der Waals surface area contributed by atoms with Crippen molar-refractivity contribution in [1.29, 1.82) is 0 Å². The Labute approximate surface area is 92.7 Å². The molecule has 0 saturated carbocycles. The van der Waals surface area contributed by atoms with Crippen LogP contribution >= 0.6 is 11.6 Å². The molecular weight excluding hydrogens is 216 g/mol. The van der Waals surface area contributed by atoms with Gasteiger partial charge in [0.25, 0.3) is 0 Å². The largest absolute Gasteiger partial charge is 0.358 e. The maximum Gasteiger partial charge on any atom is 0.308 e. The van der Waals surface area contributed by atoms with Crippen LogP contribution in [0.2, 0.25) is 5.02 Å². The molecule has 0 aliphatic heterocycles. The van der Waals surface area contributed by atoms with Crippen LogP contribution in [0.4, 0.5) is 0 Å². The Morgan fingerprint density at radius 2 is 2.07 bits per heavy atom. The third kappa shape index (κ3) is 3.99. The molecule has 0 saturated heterocycles. The Kier molecular flexibility index (Phi) is 4.12. The maximum atomic E-state index is 10.2. The van der Waals surface area contributed by atoms with Crippen LogP contribution in [0.15, 0.2) is 36.7 Å². The summed E-state index contributed by atoms with van der Waals surface area (Å²) in [5.41, 5.74) is 1.07. The Bertz CT molecular complexity index is 362. The SMILES string of the molecule is C=C(NCCc1ccc(Cl)cc1)[N+](=O)[O-]. The fourth-order valence-corrected chi connectivity index (χ4v) is 1.19. The standard InChI is InChI=1S/C10H11ClN2O2/c1-8(13(14)15)12-7-6-9-2-4-10(11)5-3-9/h2-5,12H,1,6-7H2. The van der Waals surface area contributed by atoms with E-state index in [1.165, 1.54) is 0 Å². The Morgan fingerprint density at radius 1 is 1.47 bits per heavy atom. The van der Waals surface area contributed by atoms with Gasteiger partial charge in [0.2, 0.25) is 0 Å². The molecule has 1 N–H and O–H groups in total. The highest BCUT2D eigenvalue weighted by atomic mass is 35.5. The molecule has 0 aliphatic rings. The first-order valence-corrected chi connectivity index (χ1v) is 4.79. The van der Waals surface area contributed by atoms with E-state index in [9.17, 15) is 10.1 Å². The quantitative estimate of drug-likeness (QED) is 0.619. The molecule has 1 aromatic rings. The fourth-order valence-electron chi connectivity index (χ4n) is 1.07. The lowest BCUT2D eigenvalue weighted by molar-refractivity contribution is -0.431. The van der Waals surface area contributed by atoms with Crippen LogP contribution in [-0.4, -0.2) is 11.5 Å². The van der Waals surface area contributed by atoms with Gasteiger partial charge in [0.05, 0.1) is 6.54 Å². The van der Waals surface area contributed by atoms with E-state index in [1.54, 1.807) is 12.1 Å². The summed E-state index contributed by atoms with van der Waals surface area (Å²) in [7, 11) is 0. The molecule has 1 rings (SSSR count). The molecule has 0 aromatic heterocycles. The van der Waals surface area contributed by atoms with Gasteiger partial charge in [-0.25, -0.2) is 0 Å². The van der Waals surface area contributed by atoms with Crippen LogP contribution < -0.4 is 5.32 Å². The predicted octanol–water partition coefficient (Wildman–Crippen LogP) is 2.22. The van der Waals surface area contributed by atoms with Gasteiger partial charge in [-0.2, -0.15) is 0 Å². The van der Waals surface area contributed by atoms with Crippen LogP contribution in [0.3, 0.4) is 0 Å². The highest BCUT2D eigenvalue weighted by Crippen LogP contribution is 2.09. The lowest BCUT2D eigenvalue weighted by Crippen LogP contribution is -2.21. The van der Waals surface area contributed by atoms with Gasteiger partial charge in [0.15, 0.2) is 0 Å². The smallest absolute Gasteiger partial charge is 0.308 e. The summed E-state index contributed by atoms with van der Waals surface area (Å²) < 4.78 is 0. The summed E-state index contributed by atoms with van der Waals surface area (Å²) in [5, 5.41) is 13.5. The summed E-state index contributed by atoms with van der Waals surface area (Å²) in [4.78, 5) is 9.67. The van der Waals surface area contributed by atoms with E-state index in [-0.39, 0.29) is 5.82 Å². The van der Waals surface area contributed by atoms with Crippen molar-refractivity contribution >= 4 is 11.6 Å². The number of halogens is 1. The average molecular weight is 227 g/mol. The number of hydrogen-bond acceptors (Lipinski definition) is 3. The second-order valence-electron chi connectivity index (χ2n) is 3.01. The minimum Gasteiger partial charge on any atom is -0.358 e. The summed E-state index contributed by atoms with van der Waals surface area (Å²) in [6.07, 6.45) is 0.698. The number of benzene rings is 1. The van der Waals surface area contributed by atoms with Crippen LogP contribution in [0.25, 0.3) is 0 Å². The van der Waals surface area contributed by atoms with E-state index < -0.39 is 4.92 Å². The second-order valence-corrected chi connectivity index (χ2v) is 3.44. The monoisotopic (exact) mass is 226 g/mol. The molecule has 0 unspecified atom stereocenters. The van der Waals surface area contributed by atoms with Crippen molar-refractivity contribution in [3.8, 4) is 0 Å². The molecule has 0 atom stereocenters. The number of hydrogen-bond donors (Lipinski definition) is 1. The number of rotatable bonds is 5. The van der Waals surface area contributed by atoms with E-state index in [0.29, 0.717) is 18.0 Å². The van der Waals surface area contributed by atoms with Crippen molar-refractivity contribution in [2.45, 2.75) is 6.42 Å². The molecule has 80 valence electrons. The minimum absolute atomic E-state index is 0.177. The van der Waals surface area contributed by atoms with Crippen LogP contribution in [0, 0.1) is 10.1 Å². The van der Waals surface area contributed by atoms with E-state index >= 15 is 0 Å². The second kappa shape index (κ2) is 5.36. The third-order valence-corrected chi connectivity index (χ3v) is 2.13. The van der Waals surface area contributed by atoms with Crippen LogP contribution in [0.5, 0.6) is 0 Å². The first-order chi connectivity index (χ1) is 7.09. The molecule has 0 heterocycles. The van der Waals surface area contributed by atoms with Gasteiger partial charge in [-0.15, -0.1) is 0 Å². The van der Waals surface area contributed by atoms with Crippen LogP contribution in [0.1, 0.15) is 5.56 Å². The first kappa shape index (κ1) is 11.5. The van der Waals surface area contributed by atoms with Gasteiger partial charge in [-0.3, -0.25) is 5.32 Å². The topological polar surface area (TPSA) is 55.2 Å². The van der Waals surface area contributed by atoms with Crippen LogP contribution in [-0.2, 0) is 6.42 Å². The van der Waals surface area contributed by atoms with Gasteiger partial charge >= 0.3 is 5.82 Å². The zero-order valence-corrected chi connectivity index (χ0v) is 8.83. The lowest BCUT2D eigenvalue weighted by Gasteiger charge is -2.02. The summed E-state index contributed by atoms with van der Waals surface area (Å²) >= 11 is 5.72. The maximum absolute atomic E-state index is 10.2. The summed E-state index contributed by atoms with van der Waals surface area (Å²) in [5.74, 6) is -0.177. The zero-order chi connectivity index (χ0) is 11.3. The van der Waals surface area contributed by atoms with Crippen molar-refractivity contribution in [2.75, 3.05) is 6.54 Å². The highest BCUT2D eigenvalue weighted by Gasteiger charge is 2.02. The highest BCUT2D eigenvalue weighted by molar-refractivity contribution is 6.30. The molecule has 1 aromatic carbocycles. The zero-order valence-electron chi connectivity index (χ0n) is 8.07. The first-order valence-electron chi connectivity index (χ1n) is 4.41. The average Bonchev–Trinajstić information content (AvgIpc) is 2.20. The Morgan fingerprint density at radius 3 is 2.60 bits per heavy atom. The molecule has 0 bridgehead atoms. The molecular formula is C10H11ClN2O2. The molecule has 15 heavy (non-hydrogen) atoms. The fraction of sp³-hybridized carbons (Fsp3) is 0.200. The summed E-state index contributed by atoms with van der Waals surface area (Å²) in [6, 6.07) is 7.36. The van der Waals surface area contributed by atoms with Gasteiger partial charge < -0.3 is 10.1 Å². The normalized spacial score (nSPS) is 9.67. The molecule has 0 aliphatic carbocycles. The van der Waals surface area contributed by atoms with Gasteiger partial charge in [-0.05, 0) is 29.2 Å². The predicted molar refractivity (Wildman–Crippen MR) is 59.3 cm³/mol.